The fraction of sp³-hybridized carbons (Fsp3) is 0.200. The summed E-state index contributed by atoms with van der Waals surface area (Å²) in [6.45, 7) is 0.463. The largest absolute Gasteiger partial charge is 0.489 e. The molecule has 0 bridgehead atoms. The lowest BCUT2D eigenvalue weighted by Crippen LogP contribution is -2.11. The Morgan fingerprint density at radius 2 is 1.88 bits per heavy atom. The Balaban J connectivity index is 1.54. The summed E-state index contributed by atoms with van der Waals surface area (Å²) in [6, 6.07) is 21.7. The van der Waals surface area contributed by atoms with Gasteiger partial charge in [-0.3, -0.25) is 0 Å². The van der Waals surface area contributed by atoms with Crippen molar-refractivity contribution in [2.45, 2.75) is 25.6 Å². The summed E-state index contributed by atoms with van der Waals surface area (Å²) in [5, 5.41) is 18.6. The zero-order valence-electron chi connectivity index (χ0n) is 17.2. The van der Waals surface area contributed by atoms with Crippen LogP contribution in [0, 0.1) is 11.3 Å². The number of fused-ring (bicyclic) bond motifs is 1. The Labute approximate surface area is 185 Å². The lowest BCUT2D eigenvalue weighted by Gasteiger charge is -2.20. The molecule has 0 amide bonds. The van der Waals surface area contributed by atoms with E-state index in [4.69, 9.17) is 24.2 Å². The second kappa shape index (κ2) is 9.75. The maximum Gasteiger partial charge on any atom is 0.339 e. The zero-order chi connectivity index (χ0) is 22.3. The van der Waals surface area contributed by atoms with E-state index >= 15 is 0 Å². The van der Waals surface area contributed by atoms with Gasteiger partial charge in [0.25, 0.3) is 0 Å². The van der Waals surface area contributed by atoms with E-state index in [0.717, 1.165) is 11.1 Å². The highest BCUT2D eigenvalue weighted by Crippen LogP contribution is 2.34. The predicted octanol–water partition coefficient (Wildman–Crippen LogP) is 5.12. The first kappa shape index (κ1) is 21.1. The molecule has 1 heterocycles. The number of hydrogen-bond donors (Lipinski definition) is 1. The van der Waals surface area contributed by atoms with E-state index in [9.17, 15) is 9.90 Å². The minimum absolute atomic E-state index is 0.0262. The average molecular weight is 431 g/mol. The van der Waals surface area contributed by atoms with E-state index in [-0.39, 0.29) is 31.1 Å². The fourth-order valence-electron chi connectivity index (χ4n) is 3.37. The molecule has 3 aromatic rings. The van der Waals surface area contributed by atoms with Crippen LogP contribution in [0.15, 0.2) is 66.7 Å². The van der Waals surface area contributed by atoms with Gasteiger partial charge in [-0.05, 0) is 35.4 Å². The molecule has 0 spiro atoms. The van der Waals surface area contributed by atoms with E-state index in [1.54, 1.807) is 12.1 Å². The molecule has 1 unspecified atom stereocenters. The molecule has 0 fully saturated rings. The van der Waals surface area contributed by atoms with Crippen molar-refractivity contribution in [1.29, 1.82) is 5.26 Å². The fourth-order valence-corrected chi connectivity index (χ4v) is 3.37. The number of carboxylic acids is 1. The number of carbonyl (C=O) groups is 1. The molecule has 1 aliphatic rings. The second-order valence-electron chi connectivity index (χ2n) is 7.15. The smallest absolute Gasteiger partial charge is 0.339 e. The number of benzene rings is 3. The molecule has 4 rings (SSSR count). The SMILES string of the molecule is N#CCCC(Oc1cc(OCc2ccc3c(c2)OCO3)ccc1C(=O)O)c1ccccc1. The van der Waals surface area contributed by atoms with Crippen LogP contribution in [0.4, 0.5) is 0 Å². The highest BCUT2D eigenvalue weighted by molar-refractivity contribution is 5.91. The Morgan fingerprint density at radius 3 is 2.66 bits per heavy atom. The predicted molar refractivity (Wildman–Crippen MR) is 115 cm³/mol. The summed E-state index contributed by atoms with van der Waals surface area (Å²) in [7, 11) is 0. The molecule has 0 saturated carbocycles. The van der Waals surface area contributed by atoms with Gasteiger partial charge in [-0.15, -0.1) is 0 Å². The van der Waals surface area contributed by atoms with Crippen molar-refractivity contribution in [3.8, 4) is 29.1 Å². The maximum atomic E-state index is 11.8. The molecule has 0 radical (unpaired) electrons. The summed E-state index contributed by atoms with van der Waals surface area (Å²) < 4.78 is 22.7. The van der Waals surface area contributed by atoms with Gasteiger partial charge in [0.1, 0.15) is 29.8 Å². The van der Waals surface area contributed by atoms with E-state index < -0.39 is 12.1 Å². The van der Waals surface area contributed by atoms with Crippen molar-refractivity contribution in [3.05, 3.63) is 83.4 Å². The van der Waals surface area contributed by atoms with Crippen molar-refractivity contribution in [2.75, 3.05) is 6.79 Å². The Hall–Kier alpha value is -4.18. The number of nitriles is 1. The molecule has 7 heteroatoms. The molecule has 32 heavy (non-hydrogen) atoms. The monoisotopic (exact) mass is 431 g/mol. The van der Waals surface area contributed by atoms with Crippen molar-refractivity contribution in [3.63, 3.8) is 0 Å². The van der Waals surface area contributed by atoms with Crippen molar-refractivity contribution in [1.82, 2.24) is 0 Å². The molecule has 0 aromatic heterocycles. The van der Waals surface area contributed by atoms with E-state index in [2.05, 4.69) is 6.07 Å². The number of ether oxygens (including phenoxy) is 4. The molecule has 162 valence electrons. The molecule has 0 saturated heterocycles. The van der Waals surface area contributed by atoms with Crippen molar-refractivity contribution in [2.24, 2.45) is 0 Å². The number of carboxylic acid groups (broad SMARTS) is 1. The first-order valence-corrected chi connectivity index (χ1v) is 10.1. The van der Waals surface area contributed by atoms with Gasteiger partial charge in [0.05, 0.1) is 6.07 Å². The van der Waals surface area contributed by atoms with Crippen LogP contribution >= 0.6 is 0 Å². The van der Waals surface area contributed by atoms with Crippen molar-refractivity contribution < 1.29 is 28.8 Å². The van der Waals surface area contributed by atoms with Gasteiger partial charge in [-0.2, -0.15) is 5.26 Å². The maximum absolute atomic E-state index is 11.8. The van der Waals surface area contributed by atoms with Crippen molar-refractivity contribution >= 4 is 5.97 Å². The third-order valence-electron chi connectivity index (χ3n) is 4.98. The molecular formula is C25H21NO6. The van der Waals surface area contributed by atoms with Crippen LogP contribution in [-0.4, -0.2) is 17.9 Å². The first-order valence-electron chi connectivity index (χ1n) is 10.1. The highest BCUT2D eigenvalue weighted by atomic mass is 16.7. The Kier molecular flexibility index (Phi) is 6.42. The number of aromatic carboxylic acids is 1. The lowest BCUT2D eigenvalue weighted by molar-refractivity contribution is 0.0688. The molecule has 1 aliphatic heterocycles. The van der Waals surface area contributed by atoms with Gasteiger partial charge in [-0.25, -0.2) is 4.79 Å². The summed E-state index contributed by atoms with van der Waals surface area (Å²) in [6.07, 6.45) is 0.252. The topological polar surface area (TPSA) is 98.0 Å². The van der Waals surface area contributed by atoms with E-state index in [1.807, 2.05) is 48.5 Å². The van der Waals surface area contributed by atoms with Crippen LogP contribution in [0.3, 0.4) is 0 Å². The molecule has 7 nitrogen and oxygen atoms in total. The summed E-state index contributed by atoms with van der Waals surface area (Å²) >= 11 is 0. The summed E-state index contributed by atoms with van der Waals surface area (Å²) in [5.74, 6) is 0.913. The lowest BCUT2D eigenvalue weighted by atomic mass is 10.0. The van der Waals surface area contributed by atoms with Gasteiger partial charge < -0.3 is 24.1 Å². The number of rotatable bonds is 9. The van der Waals surface area contributed by atoms with Gasteiger partial charge in [-0.1, -0.05) is 36.4 Å². The first-order chi connectivity index (χ1) is 15.6. The molecule has 1 atom stereocenters. The standard InChI is InChI=1S/C25H21NO6/c26-12-4-7-21(18-5-2-1-3-6-18)32-23-14-19(9-10-20(23)25(27)28)29-15-17-8-11-22-24(13-17)31-16-30-22/h1-3,5-6,8-11,13-14,21H,4,7,15-16H2,(H,27,28). The molecular weight excluding hydrogens is 410 g/mol. The summed E-state index contributed by atoms with van der Waals surface area (Å²) in [4.78, 5) is 11.8. The third-order valence-corrected chi connectivity index (χ3v) is 4.98. The van der Waals surface area contributed by atoms with Crippen LogP contribution in [0.1, 0.15) is 40.4 Å². The third kappa shape index (κ3) is 4.93. The quantitative estimate of drug-likeness (QED) is 0.502. The van der Waals surface area contributed by atoms with Gasteiger partial charge in [0.15, 0.2) is 11.5 Å². The van der Waals surface area contributed by atoms with Crippen LogP contribution in [-0.2, 0) is 6.61 Å². The van der Waals surface area contributed by atoms with E-state index in [1.165, 1.54) is 6.07 Å². The minimum Gasteiger partial charge on any atom is -0.489 e. The van der Waals surface area contributed by atoms with Crippen LogP contribution in [0.25, 0.3) is 0 Å². The summed E-state index contributed by atoms with van der Waals surface area (Å²) in [5.41, 5.74) is 1.78. The zero-order valence-corrected chi connectivity index (χ0v) is 17.2. The Bertz CT molecular complexity index is 1140. The second-order valence-corrected chi connectivity index (χ2v) is 7.15. The highest BCUT2D eigenvalue weighted by Gasteiger charge is 2.19. The van der Waals surface area contributed by atoms with Gasteiger partial charge in [0, 0.05) is 18.9 Å². The van der Waals surface area contributed by atoms with Crippen LogP contribution < -0.4 is 18.9 Å². The van der Waals surface area contributed by atoms with Gasteiger partial charge in [0.2, 0.25) is 6.79 Å². The Morgan fingerprint density at radius 1 is 1.06 bits per heavy atom. The molecule has 0 aliphatic carbocycles. The molecule has 3 aromatic carbocycles. The number of nitrogens with zero attached hydrogens (tertiary/aromatic N) is 1. The average Bonchev–Trinajstić information content (AvgIpc) is 3.29. The normalized spacial score (nSPS) is 12.6. The molecule has 1 N–H and O–H groups in total. The van der Waals surface area contributed by atoms with Crippen LogP contribution in [0.2, 0.25) is 0 Å². The minimum atomic E-state index is -1.10. The van der Waals surface area contributed by atoms with Gasteiger partial charge >= 0.3 is 5.97 Å². The van der Waals surface area contributed by atoms with Crippen LogP contribution in [0.5, 0.6) is 23.0 Å². The van der Waals surface area contributed by atoms with E-state index in [0.29, 0.717) is 23.7 Å². The number of hydrogen-bond acceptors (Lipinski definition) is 6.